The number of ether oxygens (including phenoxy) is 1. The zero-order valence-electron chi connectivity index (χ0n) is 15.2. The molecule has 0 heterocycles. The van der Waals surface area contributed by atoms with Gasteiger partial charge in [0.15, 0.2) is 0 Å². The molecule has 1 fully saturated rings. The van der Waals surface area contributed by atoms with Crippen molar-refractivity contribution in [1.82, 2.24) is 4.31 Å². The van der Waals surface area contributed by atoms with Crippen LogP contribution in [0.15, 0.2) is 23.1 Å². The number of sulfonamides is 1. The van der Waals surface area contributed by atoms with E-state index in [0.29, 0.717) is 24.5 Å². The maximum atomic E-state index is 12.7. The highest BCUT2D eigenvalue weighted by Gasteiger charge is 2.25. The van der Waals surface area contributed by atoms with E-state index in [1.807, 2.05) is 0 Å². The van der Waals surface area contributed by atoms with E-state index in [1.165, 1.54) is 30.0 Å². The van der Waals surface area contributed by atoms with Gasteiger partial charge in [-0.05, 0) is 31.0 Å². The summed E-state index contributed by atoms with van der Waals surface area (Å²) in [5.41, 5.74) is 0.409. The molecule has 7 heteroatoms. The topological polar surface area (TPSA) is 75.7 Å². The molecule has 140 valence electrons. The van der Waals surface area contributed by atoms with Crippen LogP contribution < -0.4 is 10.1 Å². The Hall–Kier alpha value is -1.60. The molecule has 0 unspecified atom stereocenters. The fourth-order valence-electron chi connectivity index (χ4n) is 3.26. The van der Waals surface area contributed by atoms with Gasteiger partial charge in [-0.2, -0.15) is 4.31 Å². The maximum absolute atomic E-state index is 12.7. The number of methoxy groups -OCH3 is 1. The average Bonchev–Trinajstić information content (AvgIpc) is 2.63. The monoisotopic (exact) mass is 368 g/mol. The number of benzene rings is 1. The lowest BCUT2D eigenvalue weighted by Crippen LogP contribution is -2.30. The third-order valence-electron chi connectivity index (χ3n) is 4.75. The minimum Gasteiger partial charge on any atom is -0.495 e. The molecule has 0 aromatic heterocycles. The van der Waals surface area contributed by atoms with Crippen LogP contribution in [0.2, 0.25) is 0 Å². The second-order valence-electron chi connectivity index (χ2n) is 6.28. The van der Waals surface area contributed by atoms with Crippen molar-refractivity contribution in [2.24, 2.45) is 5.92 Å². The van der Waals surface area contributed by atoms with Crippen LogP contribution in [0.1, 0.15) is 46.0 Å². The summed E-state index contributed by atoms with van der Waals surface area (Å²) in [7, 11) is -2.08. The van der Waals surface area contributed by atoms with E-state index in [4.69, 9.17) is 4.74 Å². The normalized spacial score (nSPS) is 16.0. The summed E-state index contributed by atoms with van der Waals surface area (Å²) in [6, 6.07) is 4.60. The third kappa shape index (κ3) is 4.52. The molecule has 6 nitrogen and oxygen atoms in total. The van der Waals surface area contributed by atoms with Crippen LogP contribution in [-0.4, -0.2) is 38.8 Å². The molecule has 25 heavy (non-hydrogen) atoms. The van der Waals surface area contributed by atoms with Crippen LogP contribution in [0.4, 0.5) is 5.69 Å². The first-order chi connectivity index (χ1) is 11.9. The van der Waals surface area contributed by atoms with Crippen molar-refractivity contribution in [1.29, 1.82) is 0 Å². The van der Waals surface area contributed by atoms with Crippen LogP contribution in [0.3, 0.4) is 0 Å². The summed E-state index contributed by atoms with van der Waals surface area (Å²) in [5.74, 6) is 0.388. The maximum Gasteiger partial charge on any atom is 0.243 e. The minimum absolute atomic E-state index is 0.0125. The number of rotatable bonds is 7. The standard InChI is InChI=1S/C18H28N2O4S/c1-4-20(5-2)25(22,23)15-11-12-17(24-3)16(13-15)19-18(21)14-9-7-6-8-10-14/h11-14H,4-10H2,1-3H3,(H,19,21). The Balaban J connectivity index is 2.29. The van der Waals surface area contributed by atoms with Crippen molar-refractivity contribution in [2.45, 2.75) is 50.8 Å². The van der Waals surface area contributed by atoms with E-state index in [-0.39, 0.29) is 16.7 Å². The van der Waals surface area contributed by atoms with Crippen molar-refractivity contribution in [3.05, 3.63) is 18.2 Å². The van der Waals surface area contributed by atoms with Gasteiger partial charge in [0.05, 0.1) is 17.7 Å². The van der Waals surface area contributed by atoms with E-state index in [9.17, 15) is 13.2 Å². The van der Waals surface area contributed by atoms with Crippen LogP contribution in [0.25, 0.3) is 0 Å². The molecule has 0 bridgehead atoms. The quantitative estimate of drug-likeness (QED) is 0.802. The minimum atomic E-state index is -3.58. The Bertz CT molecular complexity index is 693. The molecule has 1 N–H and O–H groups in total. The first kappa shape index (κ1) is 19.7. The first-order valence-corrected chi connectivity index (χ1v) is 10.4. The Labute approximate surface area is 150 Å². The molecular formula is C18H28N2O4S. The van der Waals surface area contributed by atoms with Crippen molar-refractivity contribution in [2.75, 3.05) is 25.5 Å². The Kier molecular flexibility index (Phi) is 6.84. The van der Waals surface area contributed by atoms with Crippen molar-refractivity contribution in [3.8, 4) is 5.75 Å². The van der Waals surface area contributed by atoms with E-state index in [2.05, 4.69) is 5.32 Å². The van der Waals surface area contributed by atoms with Crippen molar-refractivity contribution < 1.29 is 17.9 Å². The van der Waals surface area contributed by atoms with E-state index in [1.54, 1.807) is 19.9 Å². The molecule has 0 saturated heterocycles. The van der Waals surface area contributed by atoms with Gasteiger partial charge in [-0.25, -0.2) is 8.42 Å². The van der Waals surface area contributed by atoms with E-state index >= 15 is 0 Å². The number of carbonyl (C=O) groups excluding carboxylic acids is 1. The van der Waals surface area contributed by atoms with Crippen LogP contribution >= 0.6 is 0 Å². The van der Waals surface area contributed by atoms with E-state index < -0.39 is 10.0 Å². The van der Waals surface area contributed by atoms with Gasteiger partial charge in [0.2, 0.25) is 15.9 Å². The largest absolute Gasteiger partial charge is 0.495 e. The average molecular weight is 368 g/mol. The Morgan fingerprint density at radius 1 is 1.20 bits per heavy atom. The van der Waals surface area contributed by atoms with Gasteiger partial charge in [-0.1, -0.05) is 33.1 Å². The Morgan fingerprint density at radius 3 is 2.40 bits per heavy atom. The molecule has 2 rings (SSSR count). The number of hydrogen-bond donors (Lipinski definition) is 1. The Morgan fingerprint density at radius 2 is 1.84 bits per heavy atom. The van der Waals surface area contributed by atoms with Crippen LogP contribution in [0.5, 0.6) is 5.75 Å². The summed E-state index contributed by atoms with van der Waals surface area (Å²) < 4.78 is 32.1. The molecule has 1 aliphatic rings. The number of anilines is 1. The molecule has 1 amide bonds. The van der Waals surface area contributed by atoms with E-state index in [0.717, 1.165) is 25.7 Å². The lowest BCUT2D eigenvalue weighted by molar-refractivity contribution is -0.120. The number of hydrogen-bond acceptors (Lipinski definition) is 4. The number of carbonyl (C=O) groups is 1. The smallest absolute Gasteiger partial charge is 0.243 e. The second kappa shape index (κ2) is 8.67. The van der Waals surface area contributed by atoms with Crippen LogP contribution in [-0.2, 0) is 14.8 Å². The second-order valence-corrected chi connectivity index (χ2v) is 8.21. The van der Waals surface area contributed by atoms with Crippen molar-refractivity contribution >= 4 is 21.6 Å². The summed E-state index contributed by atoms with van der Waals surface area (Å²) in [6.45, 7) is 4.40. The summed E-state index contributed by atoms with van der Waals surface area (Å²) in [5, 5.41) is 2.87. The highest BCUT2D eigenvalue weighted by atomic mass is 32.2. The number of nitrogens with one attached hydrogen (secondary N) is 1. The van der Waals surface area contributed by atoms with Gasteiger partial charge in [-0.15, -0.1) is 0 Å². The molecular weight excluding hydrogens is 340 g/mol. The van der Waals surface area contributed by atoms with Gasteiger partial charge >= 0.3 is 0 Å². The highest BCUT2D eigenvalue weighted by molar-refractivity contribution is 7.89. The molecule has 1 aromatic rings. The summed E-state index contributed by atoms with van der Waals surface area (Å²) in [6.07, 6.45) is 5.05. The zero-order chi connectivity index (χ0) is 18.4. The van der Waals surface area contributed by atoms with Gasteiger partial charge in [0.1, 0.15) is 5.75 Å². The van der Waals surface area contributed by atoms with Gasteiger partial charge in [0.25, 0.3) is 0 Å². The third-order valence-corrected chi connectivity index (χ3v) is 6.79. The van der Waals surface area contributed by atoms with Crippen molar-refractivity contribution in [3.63, 3.8) is 0 Å². The fourth-order valence-corrected chi connectivity index (χ4v) is 4.74. The number of amides is 1. The summed E-state index contributed by atoms with van der Waals surface area (Å²) in [4.78, 5) is 12.7. The zero-order valence-corrected chi connectivity index (χ0v) is 16.1. The lowest BCUT2D eigenvalue weighted by Gasteiger charge is -2.22. The molecule has 1 saturated carbocycles. The molecule has 1 aliphatic carbocycles. The van der Waals surface area contributed by atoms with Gasteiger partial charge in [0, 0.05) is 19.0 Å². The molecule has 0 spiro atoms. The molecule has 1 aromatic carbocycles. The number of nitrogens with zero attached hydrogens (tertiary/aromatic N) is 1. The lowest BCUT2D eigenvalue weighted by atomic mass is 9.88. The predicted octanol–water partition coefficient (Wildman–Crippen LogP) is 3.24. The van der Waals surface area contributed by atoms with Gasteiger partial charge < -0.3 is 10.1 Å². The highest BCUT2D eigenvalue weighted by Crippen LogP contribution is 2.31. The molecule has 0 radical (unpaired) electrons. The molecule has 0 atom stereocenters. The SMILES string of the molecule is CCN(CC)S(=O)(=O)c1ccc(OC)c(NC(=O)C2CCCCC2)c1. The molecule has 0 aliphatic heterocycles. The fraction of sp³-hybridized carbons (Fsp3) is 0.611. The first-order valence-electron chi connectivity index (χ1n) is 8.93. The van der Waals surface area contributed by atoms with Crippen LogP contribution in [0, 0.1) is 5.92 Å². The van der Waals surface area contributed by atoms with Gasteiger partial charge in [-0.3, -0.25) is 4.79 Å². The predicted molar refractivity (Wildman–Crippen MR) is 98.3 cm³/mol. The summed E-state index contributed by atoms with van der Waals surface area (Å²) >= 11 is 0.